The van der Waals surface area contributed by atoms with Crippen LogP contribution in [0.3, 0.4) is 0 Å². The SMILES string of the molecule is NC(=O)C1(N)CCCC(N2CCOC3CCCCC32)C1. The zero-order valence-electron chi connectivity index (χ0n) is 12.2. The van der Waals surface area contributed by atoms with E-state index in [1.54, 1.807) is 0 Å². The zero-order valence-corrected chi connectivity index (χ0v) is 12.2. The number of morpholine rings is 1. The molecule has 3 aliphatic rings. The first-order chi connectivity index (χ1) is 9.60. The molecule has 0 aromatic carbocycles. The predicted octanol–water partition coefficient (Wildman–Crippen LogP) is 0.755. The Balaban J connectivity index is 1.72. The van der Waals surface area contributed by atoms with Crippen LogP contribution in [0.1, 0.15) is 51.4 Å². The maximum Gasteiger partial charge on any atom is 0.237 e. The minimum absolute atomic E-state index is 0.337. The lowest BCUT2D eigenvalue weighted by Crippen LogP contribution is -2.62. The van der Waals surface area contributed by atoms with Crippen molar-refractivity contribution in [3.63, 3.8) is 0 Å². The molecule has 1 aliphatic heterocycles. The highest BCUT2D eigenvalue weighted by atomic mass is 16.5. The highest BCUT2D eigenvalue weighted by Crippen LogP contribution is 2.35. The number of carbonyl (C=O) groups excluding carboxylic acids is 1. The largest absolute Gasteiger partial charge is 0.375 e. The van der Waals surface area contributed by atoms with Gasteiger partial charge in [-0.15, -0.1) is 0 Å². The lowest BCUT2D eigenvalue weighted by atomic mass is 9.77. The zero-order chi connectivity index (χ0) is 14.2. The van der Waals surface area contributed by atoms with Crippen LogP contribution >= 0.6 is 0 Å². The van der Waals surface area contributed by atoms with Crippen molar-refractivity contribution in [2.75, 3.05) is 13.2 Å². The Hall–Kier alpha value is -0.650. The summed E-state index contributed by atoms with van der Waals surface area (Å²) in [5.74, 6) is -0.337. The normalized spacial score (nSPS) is 43.0. The molecule has 3 rings (SSSR count). The van der Waals surface area contributed by atoms with E-state index >= 15 is 0 Å². The number of carbonyl (C=O) groups is 1. The molecule has 2 aliphatic carbocycles. The molecule has 0 aromatic heterocycles. The van der Waals surface area contributed by atoms with Gasteiger partial charge in [-0.1, -0.05) is 12.8 Å². The van der Waals surface area contributed by atoms with Gasteiger partial charge in [0, 0.05) is 18.6 Å². The standard InChI is InChI=1S/C15H27N3O2/c16-14(19)15(17)7-3-4-11(10-15)18-8-9-20-13-6-2-1-5-12(13)18/h11-13H,1-10,17H2,(H2,16,19). The maximum atomic E-state index is 11.6. The van der Waals surface area contributed by atoms with Crippen LogP contribution in [0.15, 0.2) is 0 Å². The number of primary amides is 1. The van der Waals surface area contributed by atoms with Crippen molar-refractivity contribution in [3.05, 3.63) is 0 Å². The van der Waals surface area contributed by atoms with E-state index in [-0.39, 0.29) is 5.91 Å². The minimum atomic E-state index is -0.800. The van der Waals surface area contributed by atoms with Gasteiger partial charge in [0.05, 0.1) is 18.2 Å². The second kappa shape index (κ2) is 5.62. The molecular weight excluding hydrogens is 254 g/mol. The van der Waals surface area contributed by atoms with Crippen molar-refractivity contribution in [2.45, 2.75) is 75.1 Å². The lowest BCUT2D eigenvalue weighted by Gasteiger charge is -2.50. The van der Waals surface area contributed by atoms with Gasteiger partial charge in [-0.2, -0.15) is 0 Å². The summed E-state index contributed by atoms with van der Waals surface area (Å²) in [6.07, 6.45) is 8.93. The molecule has 1 saturated heterocycles. The molecule has 0 spiro atoms. The molecule has 4 atom stereocenters. The fourth-order valence-electron chi connectivity index (χ4n) is 4.36. The first-order valence-corrected chi connectivity index (χ1v) is 8.06. The molecule has 3 fully saturated rings. The first-order valence-electron chi connectivity index (χ1n) is 8.06. The quantitative estimate of drug-likeness (QED) is 0.783. The molecule has 0 bridgehead atoms. The number of nitrogens with two attached hydrogens (primary N) is 2. The highest BCUT2D eigenvalue weighted by Gasteiger charge is 2.44. The summed E-state index contributed by atoms with van der Waals surface area (Å²) in [5, 5.41) is 0. The van der Waals surface area contributed by atoms with Gasteiger partial charge in [0.1, 0.15) is 0 Å². The van der Waals surface area contributed by atoms with Crippen LogP contribution in [-0.2, 0) is 9.53 Å². The van der Waals surface area contributed by atoms with Gasteiger partial charge in [-0.05, 0) is 38.5 Å². The third-order valence-electron chi connectivity index (χ3n) is 5.49. The fraction of sp³-hybridized carbons (Fsp3) is 0.933. The van der Waals surface area contributed by atoms with Gasteiger partial charge in [0.2, 0.25) is 5.91 Å². The maximum absolute atomic E-state index is 11.6. The van der Waals surface area contributed by atoms with Crippen LogP contribution in [-0.4, -0.2) is 47.7 Å². The van der Waals surface area contributed by atoms with E-state index in [2.05, 4.69) is 4.90 Å². The lowest BCUT2D eigenvalue weighted by molar-refractivity contribution is -0.129. The Labute approximate surface area is 121 Å². The number of rotatable bonds is 2. The van der Waals surface area contributed by atoms with E-state index < -0.39 is 5.54 Å². The van der Waals surface area contributed by atoms with Crippen molar-refractivity contribution in [1.82, 2.24) is 4.90 Å². The van der Waals surface area contributed by atoms with E-state index in [0.29, 0.717) is 24.6 Å². The average molecular weight is 281 g/mol. The Morgan fingerprint density at radius 1 is 1.20 bits per heavy atom. The average Bonchev–Trinajstić information content (AvgIpc) is 2.46. The third-order valence-corrected chi connectivity index (χ3v) is 5.49. The van der Waals surface area contributed by atoms with Crippen molar-refractivity contribution >= 4 is 5.91 Å². The van der Waals surface area contributed by atoms with Gasteiger partial charge >= 0.3 is 0 Å². The number of hydrogen-bond donors (Lipinski definition) is 2. The number of fused-ring (bicyclic) bond motifs is 1. The van der Waals surface area contributed by atoms with E-state index in [0.717, 1.165) is 32.4 Å². The number of hydrogen-bond acceptors (Lipinski definition) is 4. The molecule has 1 heterocycles. The monoisotopic (exact) mass is 281 g/mol. The molecule has 2 saturated carbocycles. The Morgan fingerprint density at radius 2 is 2.00 bits per heavy atom. The van der Waals surface area contributed by atoms with Gasteiger partial charge < -0.3 is 16.2 Å². The van der Waals surface area contributed by atoms with E-state index in [9.17, 15) is 4.79 Å². The molecule has 4 N–H and O–H groups in total. The van der Waals surface area contributed by atoms with E-state index in [1.807, 2.05) is 0 Å². The summed E-state index contributed by atoms with van der Waals surface area (Å²) in [4.78, 5) is 14.2. The molecule has 1 amide bonds. The van der Waals surface area contributed by atoms with Crippen LogP contribution in [0.2, 0.25) is 0 Å². The van der Waals surface area contributed by atoms with Crippen LogP contribution in [0.25, 0.3) is 0 Å². The molecule has 20 heavy (non-hydrogen) atoms. The summed E-state index contributed by atoms with van der Waals surface area (Å²) < 4.78 is 5.94. The Kier molecular flexibility index (Phi) is 4.02. The van der Waals surface area contributed by atoms with Crippen molar-refractivity contribution in [1.29, 1.82) is 0 Å². The van der Waals surface area contributed by atoms with Crippen molar-refractivity contribution in [3.8, 4) is 0 Å². The Bertz CT molecular complexity index is 374. The molecule has 0 radical (unpaired) electrons. The molecular formula is C15H27N3O2. The van der Waals surface area contributed by atoms with Gasteiger partial charge in [0.15, 0.2) is 0 Å². The van der Waals surface area contributed by atoms with Crippen LogP contribution in [0, 0.1) is 0 Å². The van der Waals surface area contributed by atoms with Gasteiger partial charge in [-0.3, -0.25) is 9.69 Å². The number of amides is 1. The van der Waals surface area contributed by atoms with Gasteiger partial charge in [0.25, 0.3) is 0 Å². The van der Waals surface area contributed by atoms with Gasteiger partial charge in [-0.25, -0.2) is 0 Å². The predicted molar refractivity (Wildman–Crippen MR) is 77.1 cm³/mol. The summed E-state index contributed by atoms with van der Waals surface area (Å²) >= 11 is 0. The van der Waals surface area contributed by atoms with Crippen molar-refractivity contribution in [2.24, 2.45) is 11.5 Å². The number of ether oxygens (including phenoxy) is 1. The minimum Gasteiger partial charge on any atom is -0.375 e. The van der Waals surface area contributed by atoms with Crippen molar-refractivity contribution < 1.29 is 9.53 Å². The molecule has 114 valence electrons. The topological polar surface area (TPSA) is 81.6 Å². The highest BCUT2D eigenvalue weighted by molar-refractivity contribution is 5.84. The molecule has 0 aromatic rings. The van der Waals surface area contributed by atoms with Crippen LogP contribution in [0.4, 0.5) is 0 Å². The molecule has 5 nitrogen and oxygen atoms in total. The smallest absolute Gasteiger partial charge is 0.237 e. The Morgan fingerprint density at radius 3 is 2.80 bits per heavy atom. The number of nitrogens with zero attached hydrogens (tertiary/aromatic N) is 1. The summed E-state index contributed by atoms with van der Waals surface area (Å²) in [6, 6.07) is 0.925. The molecule has 5 heteroatoms. The summed E-state index contributed by atoms with van der Waals surface area (Å²) in [7, 11) is 0. The van der Waals surface area contributed by atoms with Crippen LogP contribution in [0.5, 0.6) is 0 Å². The summed E-state index contributed by atoms with van der Waals surface area (Å²) in [6.45, 7) is 1.78. The van der Waals surface area contributed by atoms with E-state index in [1.165, 1.54) is 25.7 Å². The molecule has 4 unspecified atom stereocenters. The second-order valence-electron chi connectivity index (χ2n) is 6.77. The first kappa shape index (κ1) is 14.3. The summed E-state index contributed by atoms with van der Waals surface area (Å²) in [5.41, 5.74) is 11.0. The van der Waals surface area contributed by atoms with Crippen LogP contribution < -0.4 is 11.5 Å². The van der Waals surface area contributed by atoms with E-state index in [4.69, 9.17) is 16.2 Å². The second-order valence-corrected chi connectivity index (χ2v) is 6.77. The third kappa shape index (κ3) is 2.59. The fourth-order valence-corrected chi connectivity index (χ4v) is 4.36.